The topological polar surface area (TPSA) is 90.8 Å². The number of aromatic hydroxyl groups is 1. The van der Waals surface area contributed by atoms with Crippen molar-refractivity contribution in [1.82, 2.24) is 9.88 Å². The summed E-state index contributed by atoms with van der Waals surface area (Å²) in [6, 6.07) is 11.9. The molecule has 0 saturated heterocycles. The van der Waals surface area contributed by atoms with Gasteiger partial charge in [0.25, 0.3) is 17.7 Å². The largest absolute Gasteiger partial charge is 0.504 e. The van der Waals surface area contributed by atoms with Crippen LogP contribution in [0, 0.1) is 0 Å². The van der Waals surface area contributed by atoms with E-state index in [9.17, 15) is 19.5 Å². The zero-order chi connectivity index (χ0) is 26.0. The molecule has 1 aliphatic rings. The minimum absolute atomic E-state index is 0.105. The monoisotopic (exact) mass is 487 g/mol. The van der Waals surface area contributed by atoms with Crippen molar-refractivity contribution < 1.29 is 19.5 Å². The summed E-state index contributed by atoms with van der Waals surface area (Å²) in [7, 11) is 0. The van der Waals surface area contributed by atoms with Crippen molar-refractivity contribution >= 4 is 34.4 Å². The van der Waals surface area contributed by atoms with Gasteiger partial charge in [0.2, 0.25) is 0 Å². The highest BCUT2D eigenvalue weighted by Crippen LogP contribution is 2.36. The zero-order valence-electron chi connectivity index (χ0n) is 21.4. The number of amides is 3. The van der Waals surface area contributed by atoms with Gasteiger partial charge in [-0.05, 0) is 60.7 Å². The second-order valence-corrected chi connectivity index (χ2v) is 9.64. The van der Waals surface area contributed by atoms with Crippen LogP contribution in [0.1, 0.15) is 95.9 Å². The molecule has 36 heavy (non-hydrogen) atoms. The molecule has 2 aromatic carbocycles. The van der Waals surface area contributed by atoms with Crippen LogP contribution in [0.25, 0.3) is 10.9 Å². The van der Waals surface area contributed by atoms with E-state index >= 15 is 0 Å². The second kappa shape index (κ2) is 10.5. The van der Waals surface area contributed by atoms with E-state index in [2.05, 4.69) is 32.7 Å². The van der Waals surface area contributed by atoms with Gasteiger partial charge in [-0.1, -0.05) is 46.6 Å². The summed E-state index contributed by atoms with van der Waals surface area (Å²) < 4.78 is 0. The molecule has 0 aliphatic carbocycles. The van der Waals surface area contributed by atoms with E-state index in [4.69, 9.17) is 0 Å². The van der Waals surface area contributed by atoms with Crippen molar-refractivity contribution in [3.8, 4) is 5.75 Å². The van der Waals surface area contributed by atoms with E-state index in [-0.39, 0.29) is 28.6 Å². The smallest absolute Gasteiger partial charge is 0.267 e. The molecule has 188 valence electrons. The molecule has 0 atom stereocenters. The molecule has 3 aromatic rings. The summed E-state index contributed by atoms with van der Waals surface area (Å²) in [5.41, 5.74) is 2.39. The number of unbranched alkanes of at least 4 members (excludes halogenated alkanes) is 2. The number of nitrogens with zero attached hydrogens (tertiary/aromatic N) is 3. The number of rotatable bonds is 9. The summed E-state index contributed by atoms with van der Waals surface area (Å²) >= 11 is 0. The molecule has 7 nitrogen and oxygen atoms in total. The van der Waals surface area contributed by atoms with E-state index in [1.807, 2.05) is 23.1 Å². The van der Waals surface area contributed by atoms with Gasteiger partial charge in [0.05, 0.1) is 16.6 Å². The minimum atomic E-state index is -0.598. The first-order valence-electron chi connectivity index (χ1n) is 12.7. The van der Waals surface area contributed by atoms with Gasteiger partial charge in [-0.25, -0.2) is 9.88 Å². The number of benzene rings is 2. The third-order valence-corrected chi connectivity index (χ3v) is 6.66. The Hall–Kier alpha value is -3.74. The molecule has 0 saturated carbocycles. The summed E-state index contributed by atoms with van der Waals surface area (Å²) in [6.45, 7) is 9.62. The molecule has 3 amide bonds. The number of hydrogen-bond acceptors (Lipinski definition) is 5. The fourth-order valence-electron chi connectivity index (χ4n) is 4.46. The average molecular weight is 488 g/mol. The van der Waals surface area contributed by atoms with Crippen LogP contribution in [-0.4, -0.2) is 45.8 Å². The van der Waals surface area contributed by atoms with Gasteiger partial charge in [-0.15, -0.1) is 0 Å². The maximum Gasteiger partial charge on any atom is 0.267 e. The van der Waals surface area contributed by atoms with E-state index in [0.717, 1.165) is 41.5 Å². The van der Waals surface area contributed by atoms with Crippen molar-refractivity contribution in [1.29, 1.82) is 0 Å². The van der Waals surface area contributed by atoms with Gasteiger partial charge < -0.3 is 10.0 Å². The second-order valence-electron chi connectivity index (χ2n) is 9.64. The Morgan fingerprint density at radius 3 is 2.25 bits per heavy atom. The van der Waals surface area contributed by atoms with E-state index in [0.29, 0.717) is 30.1 Å². The number of pyridine rings is 1. The summed E-state index contributed by atoms with van der Waals surface area (Å²) in [6.07, 6.45) is 3.75. The van der Waals surface area contributed by atoms with Crippen molar-refractivity contribution in [3.63, 3.8) is 0 Å². The Bertz CT molecular complexity index is 1320. The van der Waals surface area contributed by atoms with E-state index in [1.54, 1.807) is 6.07 Å². The minimum Gasteiger partial charge on any atom is -0.504 e. The molecule has 1 N–H and O–H groups in total. The molecule has 1 aromatic heterocycles. The maximum absolute atomic E-state index is 13.4. The van der Waals surface area contributed by atoms with Crippen LogP contribution in [0.5, 0.6) is 5.75 Å². The third-order valence-electron chi connectivity index (χ3n) is 6.66. The fourth-order valence-corrected chi connectivity index (χ4v) is 4.46. The Kier molecular flexibility index (Phi) is 7.38. The van der Waals surface area contributed by atoms with Crippen molar-refractivity contribution in [2.24, 2.45) is 0 Å². The van der Waals surface area contributed by atoms with Gasteiger partial charge >= 0.3 is 0 Å². The quantitative estimate of drug-likeness (QED) is 0.379. The zero-order valence-corrected chi connectivity index (χ0v) is 21.4. The number of fused-ring (bicyclic) bond motifs is 2. The van der Waals surface area contributed by atoms with Gasteiger partial charge in [-0.3, -0.25) is 14.4 Å². The van der Waals surface area contributed by atoms with Gasteiger partial charge in [0.1, 0.15) is 0 Å². The highest BCUT2D eigenvalue weighted by Gasteiger charge is 2.39. The number of aromatic nitrogens is 1. The molecular weight excluding hydrogens is 454 g/mol. The van der Waals surface area contributed by atoms with Gasteiger partial charge in [-0.2, -0.15) is 0 Å². The molecule has 0 unspecified atom stereocenters. The van der Waals surface area contributed by atoms with E-state index in [1.165, 1.54) is 18.2 Å². The van der Waals surface area contributed by atoms with Crippen molar-refractivity contribution in [3.05, 3.63) is 64.7 Å². The molecule has 0 bridgehead atoms. The van der Waals surface area contributed by atoms with Crippen LogP contribution in [0.4, 0.5) is 5.82 Å². The van der Waals surface area contributed by atoms with Crippen molar-refractivity contribution in [2.45, 2.75) is 59.3 Å². The Morgan fingerprint density at radius 2 is 1.61 bits per heavy atom. The Morgan fingerprint density at radius 1 is 0.944 bits per heavy atom. The number of carbonyl (C=O) groups excluding carboxylic acids is 3. The Labute approximate surface area is 211 Å². The van der Waals surface area contributed by atoms with Crippen LogP contribution in [0.3, 0.4) is 0 Å². The Balaban J connectivity index is 1.67. The van der Waals surface area contributed by atoms with Crippen LogP contribution < -0.4 is 4.90 Å². The summed E-state index contributed by atoms with van der Waals surface area (Å²) in [5.74, 6) is -1.36. The van der Waals surface area contributed by atoms with Gasteiger partial charge in [0, 0.05) is 24.0 Å². The lowest BCUT2D eigenvalue weighted by atomic mass is 10.0. The highest BCUT2D eigenvalue weighted by molar-refractivity contribution is 6.35. The molecule has 7 heteroatoms. The lowest BCUT2D eigenvalue weighted by molar-refractivity contribution is 0.0750. The number of carbonyl (C=O) groups is 3. The number of anilines is 1. The highest BCUT2D eigenvalue weighted by atomic mass is 16.3. The summed E-state index contributed by atoms with van der Waals surface area (Å²) in [5, 5.41) is 11.5. The lowest BCUT2D eigenvalue weighted by Gasteiger charge is -2.22. The molecule has 4 rings (SSSR count). The fraction of sp³-hybridized carbons (Fsp3) is 0.379. The molecule has 1 aliphatic heterocycles. The first-order chi connectivity index (χ1) is 17.3. The first-order valence-corrected chi connectivity index (χ1v) is 12.7. The first kappa shape index (κ1) is 25.4. The molecular formula is C29H33N3O4. The van der Waals surface area contributed by atoms with Crippen LogP contribution >= 0.6 is 0 Å². The van der Waals surface area contributed by atoms with Crippen LogP contribution in [0.15, 0.2) is 42.5 Å². The molecule has 2 heterocycles. The van der Waals surface area contributed by atoms with E-state index < -0.39 is 11.8 Å². The maximum atomic E-state index is 13.4. The van der Waals surface area contributed by atoms with Crippen LogP contribution in [0.2, 0.25) is 0 Å². The SMILES string of the molecule is CCCCN(CCCC)C(=O)c1ccc2c(c1)C(=O)N(c1nc3ccc(C(C)C)cc3cc1O)C2=O. The molecule has 0 fully saturated rings. The molecule has 0 spiro atoms. The van der Waals surface area contributed by atoms with Gasteiger partial charge in [0.15, 0.2) is 11.6 Å². The third kappa shape index (κ3) is 4.70. The normalized spacial score (nSPS) is 13.1. The predicted molar refractivity (Wildman–Crippen MR) is 141 cm³/mol. The van der Waals surface area contributed by atoms with Crippen LogP contribution in [-0.2, 0) is 0 Å². The van der Waals surface area contributed by atoms with Crippen molar-refractivity contribution in [2.75, 3.05) is 18.0 Å². The number of imide groups is 1. The lowest BCUT2D eigenvalue weighted by Crippen LogP contribution is -2.33. The standard InChI is InChI=1S/C29H33N3O4/c1-5-7-13-31(14-8-6-2)27(34)20-9-11-22-23(16-20)29(36)32(28(22)35)26-25(33)17-21-15-19(18(3)4)10-12-24(21)30-26/h9-12,15-18,33H,5-8,13-14H2,1-4H3. The summed E-state index contributed by atoms with van der Waals surface area (Å²) in [4.78, 5) is 47.0. The number of hydrogen-bond donors (Lipinski definition) is 1. The average Bonchev–Trinajstić information content (AvgIpc) is 3.12. The molecule has 0 radical (unpaired) electrons. The predicted octanol–water partition coefficient (Wildman–Crippen LogP) is 5.91.